The maximum absolute atomic E-state index is 13.3. The zero-order chi connectivity index (χ0) is 21.5. The van der Waals surface area contributed by atoms with Crippen molar-refractivity contribution in [3.8, 4) is 11.1 Å². The first kappa shape index (κ1) is 20.4. The highest BCUT2D eigenvalue weighted by molar-refractivity contribution is 5.83. The molecule has 1 saturated heterocycles. The summed E-state index contributed by atoms with van der Waals surface area (Å²) in [5, 5.41) is 13.5. The molecule has 7 nitrogen and oxygen atoms in total. The van der Waals surface area contributed by atoms with Crippen LogP contribution in [0.15, 0.2) is 41.5 Å². The maximum atomic E-state index is 13.3. The van der Waals surface area contributed by atoms with Crippen molar-refractivity contribution in [3.63, 3.8) is 0 Å². The Balaban J connectivity index is 1.51. The molecule has 5 rings (SSSR count). The summed E-state index contributed by atoms with van der Waals surface area (Å²) in [6.45, 7) is 3.35. The Hall–Kier alpha value is -2.51. The number of fused-ring (bicyclic) bond motifs is 3. The van der Waals surface area contributed by atoms with E-state index in [9.17, 15) is 14.7 Å². The maximum Gasteiger partial charge on any atom is 0.258 e. The third-order valence-electron chi connectivity index (χ3n) is 7.37. The third-order valence-corrected chi connectivity index (χ3v) is 7.37. The average Bonchev–Trinajstić information content (AvgIpc) is 3.27. The van der Waals surface area contributed by atoms with Crippen molar-refractivity contribution in [1.29, 1.82) is 0 Å². The van der Waals surface area contributed by atoms with Gasteiger partial charge in [0, 0.05) is 60.2 Å². The molecule has 164 valence electrons. The Kier molecular flexibility index (Phi) is 5.40. The number of aromatic nitrogens is 2. The van der Waals surface area contributed by atoms with Crippen molar-refractivity contribution in [2.45, 2.75) is 57.3 Å². The third kappa shape index (κ3) is 3.31. The number of amides is 1. The summed E-state index contributed by atoms with van der Waals surface area (Å²) < 4.78 is 1.85. The van der Waals surface area contributed by atoms with Gasteiger partial charge in [0.25, 0.3) is 5.56 Å². The highest BCUT2D eigenvalue weighted by atomic mass is 16.3. The smallest absolute Gasteiger partial charge is 0.258 e. The van der Waals surface area contributed by atoms with Crippen LogP contribution in [-0.2, 0) is 11.3 Å². The summed E-state index contributed by atoms with van der Waals surface area (Å²) in [4.78, 5) is 32.9. The lowest BCUT2D eigenvalue weighted by molar-refractivity contribution is -0.129. The molecule has 0 bridgehead atoms. The van der Waals surface area contributed by atoms with Gasteiger partial charge in [0.15, 0.2) is 0 Å². The van der Waals surface area contributed by atoms with E-state index in [4.69, 9.17) is 0 Å². The molecule has 2 aromatic heterocycles. The van der Waals surface area contributed by atoms with Crippen LogP contribution in [0, 0.1) is 11.8 Å². The van der Waals surface area contributed by atoms with E-state index in [-0.39, 0.29) is 48.0 Å². The number of carbonyl (C=O) groups is 1. The van der Waals surface area contributed by atoms with Gasteiger partial charge in [-0.1, -0.05) is 13.0 Å². The van der Waals surface area contributed by atoms with Crippen molar-refractivity contribution < 1.29 is 9.90 Å². The second-order valence-corrected chi connectivity index (χ2v) is 9.10. The number of hydrogen-bond acceptors (Lipinski definition) is 5. The molecule has 4 atom stereocenters. The van der Waals surface area contributed by atoms with Gasteiger partial charge < -0.3 is 15.0 Å². The molecule has 2 aromatic rings. The molecule has 2 fully saturated rings. The molecule has 1 saturated carbocycles. The van der Waals surface area contributed by atoms with Crippen molar-refractivity contribution in [3.05, 3.63) is 52.7 Å². The minimum atomic E-state index is -0.345. The molecule has 0 spiro atoms. The average molecular weight is 423 g/mol. The number of nitrogens with zero attached hydrogens (tertiary/aromatic N) is 3. The number of pyridine rings is 2. The number of carbonyl (C=O) groups excluding carboxylic acids is 1. The van der Waals surface area contributed by atoms with E-state index in [1.807, 2.05) is 28.8 Å². The van der Waals surface area contributed by atoms with Crippen molar-refractivity contribution in [2.75, 3.05) is 13.2 Å². The summed E-state index contributed by atoms with van der Waals surface area (Å²) in [7, 11) is 0. The Labute approximate surface area is 182 Å². The number of nitrogens with one attached hydrogen (secondary N) is 1. The van der Waals surface area contributed by atoms with E-state index in [0.717, 1.165) is 37.1 Å². The van der Waals surface area contributed by atoms with Crippen LogP contribution < -0.4 is 10.9 Å². The first-order valence-electron chi connectivity index (χ1n) is 11.4. The van der Waals surface area contributed by atoms with Crippen LogP contribution in [0.5, 0.6) is 0 Å². The summed E-state index contributed by atoms with van der Waals surface area (Å²) in [5.74, 6) is -0.101. The van der Waals surface area contributed by atoms with Crippen molar-refractivity contribution in [1.82, 2.24) is 19.8 Å². The lowest BCUT2D eigenvalue weighted by atomic mass is 9.87. The number of rotatable bonds is 6. The van der Waals surface area contributed by atoms with Gasteiger partial charge in [0.1, 0.15) is 0 Å². The number of aliphatic hydroxyl groups excluding tert-OH is 1. The van der Waals surface area contributed by atoms with E-state index >= 15 is 0 Å². The highest BCUT2D eigenvalue weighted by Gasteiger charge is 2.55. The number of likely N-dealkylation sites (tertiary alicyclic amines) is 1. The van der Waals surface area contributed by atoms with E-state index < -0.39 is 0 Å². The summed E-state index contributed by atoms with van der Waals surface area (Å²) >= 11 is 0. The van der Waals surface area contributed by atoms with Crippen molar-refractivity contribution in [2.24, 2.45) is 11.8 Å². The van der Waals surface area contributed by atoms with E-state index in [0.29, 0.717) is 12.1 Å². The zero-order valence-electron chi connectivity index (χ0n) is 17.9. The fraction of sp³-hybridized carbons (Fsp3) is 0.542. The van der Waals surface area contributed by atoms with Crippen LogP contribution in [0.25, 0.3) is 11.1 Å². The molecule has 1 aliphatic carbocycles. The van der Waals surface area contributed by atoms with Crippen LogP contribution in [0.3, 0.4) is 0 Å². The monoisotopic (exact) mass is 422 g/mol. The molecule has 0 unspecified atom stereocenters. The fourth-order valence-electron chi connectivity index (χ4n) is 5.71. The Morgan fingerprint density at radius 2 is 2.13 bits per heavy atom. The topological polar surface area (TPSA) is 87.5 Å². The standard InChI is InChI=1S/C24H30N4O3/c1-2-11-27-21-18(19(14-29)22(27)23(30)26-16-6-3-7-16)13-28-20(21)9-8-17(24(28)31)15-5-4-10-25-12-15/h4-5,8-10,12,16,18-19,21-22,29H,2-3,6-7,11,13-14H2,1H3,(H,26,30)/t18-,19-,21+,22-/m0/s1. The molecule has 2 N–H and O–H groups in total. The van der Waals surface area contributed by atoms with Gasteiger partial charge in [-0.15, -0.1) is 0 Å². The fourth-order valence-corrected chi connectivity index (χ4v) is 5.71. The molecule has 0 aromatic carbocycles. The highest BCUT2D eigenvalue weighted by Crippen LogP contribution is 2.49. The van der Waals surface area contributed by atoms with Crippen LogP contribution >= 0.6 is 0 Å². The molecule has 4 heterocycles. The SMILES string of the molecule is CCCN1[C@H](C(=O)NC2CCC2)[C@@H](CO)[C@@H]2Cn3c(ccc(-c4cccnc4)c3=O)[C@@H]21. The normalized spacial score (nSPS) is 27.5. The predicted octanol–water partition coefficient (Wildman–Crippen LogP) is 1.95. The number of hydrogen-bond donors (Lipinski definition) is 2. The lowest BCUT2D eigenvalue weighted by Gasteiger charge is -2.34. The molecule has 7 heteroatoms. The molecular formula is C24H30N4O3. The quantitative estimate of drug-likeness (QED) is 0.743. The van der Waals surface area contributed by atoms with Crippen LogP contribution in [0.1, 0.15) is 44.3 Å². The molecule has 31 heavy (non-hydrogen) atoms. The summed E-state index contributed by atoms with van der Waals surface area (Å²) in [6.07, 6.45) is 7.56. The van der Waals surface area contributed by atoms with Gasteiger partial charge in [0.2, 0.25) is 5.91 Å². The second kappa shape index (κ2) is 8.20. The second-order valence-electron chi connectivity index (χ2n) is 9.10. The van der Waals surface area contributed by atoms with Gasteiger partial charge in [-0.2, -0.15) is 0 Å². The van der Waals surface area contributed by atoms with Crippen molar-refractivity contribution >= 4 is 5.91 Å². The van der Waals surface area contributed by atoms with Gasteiger partial charge in [-0.25, -0.2) is 0 Å². The van der Waals surface area contributed by atoms with E-state index in [1.165, 1.54) is 6.42 Å². The van der Waals surface area contributed by atoms with Gasteiger partial charge >= 0.3 is 0 Å². The molecule has 0 radical (unpaired) electrons. The number of aliphatic hydroxyl groups is 1. The molecule has 3 aliphatic rings. The van der Waals surface area contributed by atoms with Gasteiger partial charge in [-0.05, 0) is 50.4 Å². The summed E-state index contributed by atoms with van der Waals surface area (Å²) in [6, 6.07) is 7.54. The Bertz CT molecular complexity index is 1020. The minimum Gasteiger partial charge on any atom is -0.396 e. The van der Waals surface area contributed by atoms with Gasteiger partial charge in [0.05, 0.1) is 12.1 Å². The molecular weight excluding hydrogens is 392 g/mol. The Morgan fingerprint density at radius 1 is 1.29 bits per heavy atom. The lowest BCUT2D eigenvalue weighted by Crippen LogP contribution is -2.52. The molecule has 1 amide bonds. The van der Waals surface area contributed by atoms with Gasteiger partial charge in [-0.3, -0.25) is 19.5 Å². The first-order chi connectivity index (χ1) is 15.1. The zero-order valence-corrected chi connectivity index (χ0v) is 17.9. The predicted molar refractivity (Wildman–Crippen MR) is 117 cm³/mol. The summed E-state index contributed by atoms with van der Waals surface area (Å²) in [5.41, 5.74) is 2.37. The van der Waals surface area contributed by atoms with Crippen LogP contribution in [0.2, 0.25) is 0 Å². The molecule has 2 aliphatic heterocycles. The first-order valence-corrected chi connectivity index (χ1v) is 11.4. The Morgan fingerprint density at radius 3 is 2.77 bits per heavy atom. The van der Waals surface area contributed by atoms with Crippen LogP contribution in [-0.4, -0.2) is 50.7 Å². The van der Waals surface area contributed by atoms with E-state index in [2.05, 4.69) is 22.1 Å². The van der Waals surface area contributed by atoms with Crippen LogP contribution in [0.4, 0.5) is 0 Å². The minimum absolute atomic E-state index is 0.0233. The largest absolute Gasteiger partial charge is 0.396 e. The van der Waals surface area contributed by atoms with E-state index in [1.54, 1.807) is 12.4 Å².